The van der Waals surface area contributed by atoms with E-state index in [2.05, 4.69) is 5.10 Å². The van der Waals surface area contributed by atoms with Crippen molar-refractivity contribution in [2.45, 2.75) is 36.8 Å². The second kappa shape index (κ2) is 5.78. The van der Waals surface area contributed by atoms with Crippen LogP contribution in [0.15, 0.2) is 11.2 Å². The Bertz CT molecular complexity index is 524. The van der Waals surface area contributed by atoms with E-state index in [1.54, 1.807) is 7.05 Å². The number of nitrogens with zero attached hydrogens (tertiary/aromatic N) is 3. The van der Waals surface area contributed by atoms with Crippen molar-refractivity contribution in [3.05, 3.63) is 11.2 Å². The van der Waals surface area contributed by atoms with Crippen LogP contribution < -0.4 is 0 Å². The molecule has 8 heteroatoms. The zero-order chi connectivity index (χ0) is 14.0. The van der Waals surface area contributed by atoms with Crippen LogP contribution in [-0.2, 0) is 17.1 Å². The van der Waals surface area contributed by atoms with E-state index in [1.807, 2.05) is 0 Å². The standard InChI is InChI=1S/C11H18ClN3O3S/c1-14-11(10(12)8-13-14)19(17,18)15-6-2-4-9(15)5-3-7-16/h8-9,16H,2-7H2,1H3. The molecule has 1 aliphatic rings. The molecule has 2 heterocycles. The smallest absolute Gasteiger partial charge is 0.261 e. The average Bonchev–Trinajstić information content (AvgIpc) is 2.94. The first-order valence-corrected chi connectivity index (χ1v) is 8.10. The largest absolute Gasteiger partial charge is 0.396 e. The zero-order valence-corrected chi connectivity index (χ0v) is 12.4. The Morgan fingerprint density at radius 3 is 2.89 bits per heavy atom. The van der Waals surface area contributed by atoms with Crippen LogP contribution in [0.2, 0.25) is 5.02 Å². The summed E-state index contributed by atoms with van der Waals surface area (Å²) in [5.74, 6) is 0. The number of sulfonamides is 1. The highest BCUT2D eigenvalue weighted by molar-refractivity contribution is 7.89. The van der Waals surface area contributed by atoms with Gasteiger partial charge in [-0.05, 0) is 25.7 Å². The van der Waals surface area contributed by atoms with Gasteiger partial charge >= 0.3 is 0 Å². The van der Waals surface area contributed by atoms with E-state index < -0.39 is 10.0 Å². The third-order valence-corrected chi connectivity index (χ3v) is 5.87. The second-order valence-corrected chi connectivity index (χ2v) is 6.91. The molecule has 1 unspecified atom stereocenters. The Morgan fingerprint density at radius 2 is 2.32 bits per heavy atom. The third-order valence-electron chi connectivity index (χ3n) is 3.41. The van der Waals surface area contributed by atoms with Crippen LogP contribution >= 0.6 is 11.6 Å². The SMILES string of the molecule is Cn1ncc(Cl)c1S(=O)(=O)N1CCCC1CCCO. The summed E-state index contributed by atoms with van der Waals surface area (Å²) in [6.07, 6.45) is 4.29. The van der Waals surface area contributed by atoms with Crippen LogP contribution in [0.5, 0.6) is 0 Å². The van der Waals surface area contributed by atoms with E-state index in [1.165, 1.54) is 15.2 Å². The maximum absolute atomic E-state index is 12.6. The van der Waals surface area contributed by atoms with Crippen molar-refractivity contribution in [3.63, 3.8) is 0 Å². The predicted octanol–water partition coefficient (Wildman–Crippen LogP) is 0.999. The van der Waals surface area contributed by atoms with Gasteiger partial charge in [0.05, 0.1) is 11.2 Å². The molecule has 0 saturated carbocycles. The van der Waals surface area contributed by atoms with Gasteiger partial charge in [-0.15, -0.1) is 0 Å². The lowest BCUT2D eigenvalue weighted by molar-refractivity contribution is 0.263. The zero-order valence-electron chi connectivity index (χ0n) is 10.8. The van der Waals surface area contributed by atoms with Crippen LogP contribution in [0.4, 0.5) is 0 Å². The second-order valence-electron chi connectivity index (χ2n) is 4.70. The summed E-state index contributed by atoms with van der Waals surface area (Å²) >= 11 is 5.93. The van der Waals surface area contributed by atoms with Crippen LogP contribution in [0.25, 0.3) is 0 Å². The van der Waals surface area contributed by atoms with E-state index in [0.717, 1.165) is 12.8 Å². The number of aliphatic hydroxyl groups is 1. The maximum atomic E-state index is 12.6. The molecule has 1 N–H and O–H groups in total. The molecule has 1 aromatic heterocycles. The number of aromatic nitrogens is 2. The normalized spacial score (nSPS) is 21.1. The molecule has 1 saturated heterocycles. The molecule has 0 aromatic carbocycles. The van der Waals surface area contributed by atoms with Gasteiger partial charge in [0.25, 0.3) is 10.0 Å². The lowest BCUT2D eigenvalue weighted by atomic mass is 10.1. The molecule has 6 nitrogen and oxygen atoms in total. The molecule has 2 rings (SSSR count). The highest BCUT2D eigenvalue weighted by Gasteiger charge is 2.37. The van der Waals surface area contributed by atoms with Crippen molar-refractivity contribution in [1.82, 2.24) is 14.1 Å². The Hall–Kier alpha value is -0.630. The maximum Gasteiger partial charge on any atom is 0.261 e. The Balaban J connectivity index is 2.29. The molecule has 1 fully saturated rings. The summed E-state index contributed by atoms with van der Waals surface area (Å²) < 4.78 is 28.0. The van der Waals surface area contributed by atoms with E-state index in [4.69, 9.17) is 16.7 Å². The van der Waals surface area contributed by atoms with Crippen molar-refractivity contribution in [2.75, 3.05) is 13.2 Å². The number of halogens is 1. The van der Waals surface area contributed by atoms with Gasteiger partial charge in [0.15, 0.2) is 5.03 Å². The van der Waals surface area contributed by atoms with Gasteiger partial charge in [0.1, 0.15) is 0 Å². The van der Waals surface area contributed by atoms with Crippen molar-refractivity contribution < 1.29 is 13.5 Å². The molecule has 0 amide bonds. The first kappa shape index (κ1) is 14.8. The van der Waals surface area contributed by atoms with Gasteiger partial charge < -0.3 is 5.11 Å². The van der Waals surface area contributed by atoms with E-state index in [9.17, 15) is 8.42 Å². The first-order valence-electron chi connectivity index (χ1n) is 6.28. The molecule has 0 aliphatic carbocycles. The van der Waals surface area contributed by atoms with Gasteiger partial charge in [-0.25, -0.2) is 8.42 Å². The van der Waals surface area contributed by atoms with E-state index in [0.29, 0.717) is 19.4 Å². The molecule has 1 atom stereocenters. The number of aliphatic hydroxyl groups excluding tert-OH is 1. The quantitative estimate of drug-likeness (QED) is 0.880. The minimum Gasteiger partial charge on any atom is -0.396 e. The number of hydrogen-bond acceptors (Lipinski definition) is 4. The molecule has 1 aliphatic heterocycles. The average molecular weight is 308 g/mol. The van der Waals surface area contributed by atoms with Crippen LogP contribution in [0.1, 0.15) is 25.7 Å². The first-order chi connectivity index (χ1) is 8.98. The van der Waals surface area contributed by atoms with Crippen molar-refractivity contribution in [1.29, 1.82) is 0 Å². The molecule has 1 aromatic rings. The fraction of sp³-hybridized carbons (Fsp3) is 0.727. The molecule has 108 valence electrons. The number of hydrogen-bond donors (Lipinski definition) is 1. The van der Waals surface area contributed by atoms with Gasteiger partial charge in [-0.1, -0.05) is 11.6 Å². The summed E-state index contributed by atoms with van der Waals surface area (Å²) in [6.45, 7) is 0.580. The Morgan fingerprint density at radius 1 is 1.58 bits per heavy atom. The lowest BCUT2D eigenvalue weighted by Gasteiger charge is -2.23. The Labute approximate surface area is 118 Å². The van der Waals surface area contributed by atoms with Gasteiger partial charge in [-0.2, -0.15) is 9.40 Å². The van der Waals surface area contributed by atoms with Crippen LogP contribution in [0, 0.1) is 0 Å². The minimum absolute atomic E-state index is 0.0464. The molecule has 0 radical (unpaired) electrons. The van der Waals surface area contributed by atoms with Crippen LogP contribution in [-0.4, -0.2) is 46.8 Å². The van der Waals surface area contributed by atoms with Crippen LogP contribution in [0.3, 0.4) is 0 Å². The van der Waals surface area contributed by atoms with E-state index >= 15 is 0 Å². The van der Waals surface area contributed by atoms with Crippen molar-refractivity contribution in [2.24, 2.45) is 7.05 Å². The number of rotatable bonds is 5. The minimum atomic E-state index is -3.62. The summed E-state index contributed by atoms with van der Waals surface area (Å²) in [7, 11) is -2.05. The molecular weight excluding hydrogens is 290 g/mol. The van der Waals surface area contributed by atoms with Gasteiger partial charge in [0, 0.05) is 26.2 Å². The molecule has 0 bridgehead atoms. The monoisotopic (exact) mass is 307 g/mol. The Kier molecular flexibility index (Phi) is 4.50. The van der Waals surface area contributed by atoms with Gasteiger partial charge in [-0.3, -0.25) is 4.68 Å². The van der Waals surface area contributed by atoms with Crippen molar-refractivity contribution in [3.8, 4) is 0 Å². The fourth-order valence-electron chi connectivity index (χ4n) is 2.54. The predicted molar refractivity (Wildman–Crippen MR) is 71.5 cm³/mol. The summed E-state index contributed by atoms with van der Waals surface area (Å²) in [5, 5.41) is 13.0. The summed E-state index contributed by atoms with van der Waals surface area (Å²) in [4.78, 5) is 0. The molecule has 0 spiro atoms. The topological polar surface area (TPSA) is 75.4 Å². The van der Waals surface area contributed by atoms with Gasteiger partial charge in [0.2, 0.25) is 0 Å². The van der Waals surface area contributed by atoms with E-state index in [-0.39, 0.29) is 22.7 Å². The van der Waals surface area contributed by atoms with Crippen molar-refractivity contribution >= 4 is 21.6 Å². The highest BCUT2D eigenvalue weighted by atomic mass is 35.5. The fourth-order valence-corrected chi connectivity index (χ4v) is 4.88. The molecular formula is C11H18ClN3O3S. The highest BCUT2D eigenvalue weighted by Crippen LogP contribution is 2.31. The summed E-state index contributed by atoms with van der Waals surface area (Å²) in [6, 6.07) is -0.0527. The summed E-state index contributed by atoms with van der Waals surface area (Å²) in [5.41, 5.74) is 0. The lowest BCUT2D eigenvalue weighted by Crippen LogP contribution is -2.36. The molecule has 19 heavy (non-hydrogen) atoms. The number of aryl methyl sites for hydroxylation is 1. The third kappa shape index (κ3) is 2.79.